The number of piperidine rings is 1. The molecular formula is C20H29N3OS. The molecule has 0 unspecified atom stereocenters. The van der Waals surface area contributed by atoms with E-state index < -0.39 is 0 Å². The van der Waals surface area contributed by atoms with Gasteiger partial charge >= 0.3 is 0 Å². The Morgan fingerprint density at radius 3 is 2.48 bits per heavy atom. The lowest BCUT2D eigenvalue weighted by Gasteiger charge is -2.30. The number of thiophene rings is 1. The van der Waals surface area contributed by atoms with Crippen molar-refractivity contribution < 1.29 is 4.79 Å². The van der Waals surface area contributed by atoms with E-state index in [4.69, 9.17) is 0 Å². The van der Waals surface area contributed by atoms with E-state index in [-0.39, 0.29) is 5.91 Å². The Morgan fingerprint density at radius 2 is 2.00 bits per heavy atom. The van der Waals surface area contributed by atoms with Crippen LogP contribution in [0.1, 0.15) is 44.4 Å². The molecule has 0 aliphatic carbocycles. The first-order chi connectivity index (χ1) is 12.2. The summed E-state index contributed by atoms with van der Waals surface area (Å²) in [7, 11) is 0. The van der Waals surface area contributed by atoms with Gasteiger partial charge in [-0.15, -0.1) is 11.3 Å². The van der Waals surface area contributed by atoms with Gasteiger partial charge in [0.1, 0.15) is 5.82 Å². The molecule has 2 aromatic rings. The lowest BCUT2D eigenvalue weighted by Crippen LogP contribution is -2.32. The molecule has 0 N–H and O–H groups in total. The molecule has 25 heavy (non-hydrogen) atoms. The van der Waals surface area contributed by atoms with E-state index in [9.17, 15) is 4.79 Å². The van der Waals surface area contributed by atoms with Gasteiger partial charge in [-0.2, -0.15) is 0 Å². The van der Waals surface area contributed by atoms with E-state index in [1.807, 2.05) is 36.5 Å². The van der Waals surface area contributed by atoms with Crippen LogP contribution in [0.2, 0.25) is 0 Å². The van der Waals surface area contributed by atoms with Crippen molar-refractivity contribution in [3.63, 3.8) is 0 Å². The molecule has 0 bridgehead atoms. The molecule has 0 spiro atoms. The van der Waals surface area contributed by atoms with E-state index in [1.54, 1.807) is 16.0 Å². The van der Waals surface area contributed by atoms with Gasteiger partial charge in [-0.3, -0.25) is 9.69 Å². The van der Waals surface area contributed by atoms with Crippen molar-refractivity contribution in [3.05, 3.63) is 46.8 Å². The largest absolute Gasteiger partial charge is 0.304 e. The monoisotopic (exact) mass is 359 g/mol. The molecule has 1 fully saturated rings. The summed E-state index contributed by atoms with van der Waals surface area (Å²) in [5.41, 5.74) is 0. The number of aromatic nitrogens is 1. The molecule has 1 aliphatic rings. The van der Waals surface area contributed by atoms with Gasteiger partial charge in [0.15, 0.2) is 0 Å². The molecule has 3 rings (SSSR count). The van der Waals surface area contributed by atoms with Crippen LogP contribution in [0.15, 0.2) is 41.9 Å². The minimum atomic E-state index is 0.0243. The second kappa shape index (κ2) is 10.3. The lowest BCUT2D eigenvalue weighted by molar-refractivity contribution is -0.116. The van der Waals surface area contributed by atoms with Crippen LogP contribution in [0.3, 0.4) is 0 Å². The van der Waals surface area contributed by atoms with Gasteiger partial charge in [-0.1, -0.05) is 19.1 Å². The summed E-state index contributed by atoms with van der Waals surface area (Å²) < 4.78 is 0. The van der Waals surface area contributed by atoms with E-state index in [2.05, 4.69) is 34.3 Å². The van der Waals surface area contributed by atoms with Gasteiger partial charge in [0.25, 0.3) is 0 Å². The molecule has 2 aromatic heterocycles. The van der Waals surface area contributed by atoms with Crippen LogP contribution in [0.4, 0.5) is 5.82 Å². The minimum absolute atomic E-state index is 0.0243. The Balaban J connectivity index is 0.000000181. The number of amides is 1. The number of carbonyl (C=O) groups excluding carboxylic acids is 1. The third-order valence-corrected chi connectivity index (χ3v) is 5.64. The molecule has 136 valence electrons. The standard InChI is InChI=1S/C11H17NS.C9H12N2O/c1-2-12-7-5-10(6-8-12)11-4-3-9-13-11;1-3-11(8(2)12)9-6-4-5-7-10-9/h3-4,9-10H,2,5-8H2,1H3;4-7H,3H2,1-2H3. The summed E-state index contributed by atoms with van der Waals surface area (Å²) in [6.07, 6.45) is 4.39. The first-order valence-electron chi connectivity index (χ1n) is 9.10. The van der Waals surface area contributed by atoms with Gasteiger partial charge < -0.3 is 4.90 Å². The minimum Gasteiger partial charge on any atom is -0.304 e. The van der Waals surface area contributed by atoms with Crippen LogP contribution in [0.5, 0.6) is 0 Å². The predicted molar refractivity (Wildman–Crippen MR) is 106 cm³/mol. The molecule has 1 aliphatic heterocycles. The second-order valence-corrected chi connectivity index (χ2v) is 7.15. The van der Waals surface area contributed by atoms with Crippen molar-refractivity contribution in [1.82, 2.24) is 9.88 Å². The average molecular weight is 360 g/mol. The molecule has 1 saturated heterocycles. The number of likely N-dealkylation sites (tertiary alicyclic amines) is 1. The first-order valence-corrected chi connectivity index (χ1v) is 9.98. The van der Waals surface area contributed by atoms with Crippen LogP contribution >= 0.6 is 11.3 Å². The summed E-state index contributed by atoms with van der Waals surface area (Å²) in [6, 6.07) is 9.99. The van der Waals surface area contributed by atoms with Crippen molar-refractivity contribution in [2.75, 3.05) is 31.1 Å². The SMILES string of the molecule is CCN(C(C)=O)c1ccccn1.CCN1CCC(c2cccs2)CC1. The number of carbonyl (C=O) groups is 1. The Bertz CT molecular complexity index is 607. The highest BCUT2D eigenvalue weighted by Gasteiger charge is 2.19. The third kappa shape index (κ3) is 5.94. The van der Waals surface area contributed by atoms with Gasteiger partial charge in [-0.05, 0) is 68.9 Å². The number of nitrogens with zero attached hydrogens (tertiary/aromatic N) is 3. The van der Waals surface area contributed by atoms with Gasteiger partial charge in [0.05, 0.1) is 0 Å². The Labute approximate surface area is 155 Å². The van der Waals surface area contributed by atoms with Gasteiger partial charge in [0.2, 0.25) is 5.91 Å². The number of hydrogen-bond donors (Lipinski definition) is 0. The summed E-state index contributed by atoms with van der Waals surface area (Å²) in [4.78, 5) is 20.9. The Kier molecular flexibility index (Phi) is 8.09. The summed E-state index contributed by atoms with van der Waals surface area (Å²) in [5, 5.41) is 2.20. The average Bonchev–Trinajstić information content (AvgIpc) is 3.18. The van der Waals surface area contributed by atoms with Crippen LogP contribution < -0.4 is 4.90 Å². The molecule has 0 saturated carbocycles. The molecule has 0 aromatic carbocycles. The van der Waals surface area contributed by atoms with Gasteiger partial charge in [0, 0.05) is 24.5 Å². The highest BCUT2D eigenvalue weighted by molar-refractivity contribution is 7.10. The van der Waals surface area contributed by atoms with E-state index >= 15 is 0 Å². The quantitative estimate of drug-likeness (QED) is 0.812. The van der Waals surface area contributed by atoms with Crippen molar-refractivity contribution >= 4 is 23.1 Å². The van der Waals surface area contributed by atoms with Crippen molar-refractivity contribution in [2.24, 2.45) is 0 Å². The molecule has 0 atom stereocenters. The zero-order chi connectivity index (χ0) is 18.1. The number of pyridine rings is 1. The number of anilines is 1. The van der Waals surface area contributed by atoms with Crippen LogP contribution in [0, 0.1) is 0 Å². The Hall–Kier alpha value is -1.72. The highest BCUT2D eigenvalue weighted by atomic mass is 32.1. The fourth-order valence-corrected chi connectivity index (χ4v) is 4.02. The predicted octanol–water partition coefficient (Wildman–Crippen LogP) is 4.40. The fraction of sp³-hybridized carbons (Fsp3) is 0.500. The summed E-state index contributed by atoms with van der Waals surface area (Å²) in [6.45, 7) is 10.2. The molecule has 1 amide bonds. The van der Waals surface area contributed by atoms with Crippen molar-refractivity contribution in [2.45, 2.75) is 39.5 Å². The van der Waals surface area contributed by atoms with Crippen LogP contribution in [-0.2, 0) is 4.79 Å². The number of rotatable bonds is 4. The third-order valence-electron chi connectivity index (χ3n) is 4.60. The second-order valence-electron chi connectivity index (χ2n) is 6.18. The fourth-order valence-electron chi connectivity index (χ4n) is 3.12. The topological polar surface area (TPSA) is 36.4 Å². The maximum Gasteiger partial charge on any atom is 0.225 e. The van der Waals surface area contributed by atoms with E-state index in [1.165, 1.54) is 39.4 Å². The molecule has 4 nitrogen and oxygen atoms in total. The maximum atomic E-state index is 11.1. The lowest BCUT2D eigenvalue weighted by atomic mass is 9.95. The summed E-state index contributed by atoms with van der Waals surface area (Å²) in [5.74, 6) is 1.59. The molecular weight excluding hydrogens is 330 g/mol. The molecule has 3 heterocycles. The van der Waals surface area contributed by atoms with Gasteiger partial charge in [-0.25, -0.2) is 4.98 Å². The smallest absolute Gasteiger partial charge is 0.225 e. The highest BCUT2D eigenvalue weighted by Crippen LogP contribution is 2.30. The molecule has 0 radical (unpaired) electrons. The van der Waals surface area contributed by atoms with E-state index in [0.717, 1.165) is 5.92 Å². The van der Waals surface area contributed by atoms with Crippen molar-refractivity contribution in [3.8, 4) is 0 Å². The maximum absolute atomic E-state index is 11.1. The Morgan fingerprint density at radius 1 is 1.24 bits per heavy atom. The first kappa shape index (κ1) is 19.6. The van der Waals surface area contributed by atoms with Crippen LogP contribution in [-0.4, -0.2) is 42.0 Å². The van der Waals surface area contributed by atoms with E-state index in [0.29, 0.717) is 12.4 Å². The molecule has 5 heteroatoms. The number of hydrogen-bond acceptors (Lipinski definition) is 4. The van der Waals surface area contributed by atoms with Crippen molar-refractivity contribution in [1.29, 1.82) is 0 Å². The zero-order valence-corrected chi connectivity index (χ0v) is 16.3. The van der Waals surface area contributed by atoms with Crippen LogP contribution in [0.25, 0.3) is 0 Å². The zero-order valence-electron chi connectivity index (χ0n) is 15.5. The summed E-state index contributed by atoms with van der Waals surface area (Å²) >= 11 is 1.92. The normalized spacial score (nSPS) is 15.3.